The number of fused-ring (bicyclic) bond motifs is 2. The molecule has 0 bridgehead atoms. The molecule has 2 aromatic carbocycles. The van der Waals surface area contributed by atoms with E-state index >= 15 is 0 Å². The summed E-state index contributed by atoms with van der Waals surface area (Å²) in [4.78, 5) is 26.3. The Labute approximate surface area is 305 Å². The third-order valence-electron chi connectivity index (χ3n) is 9.83. The SMILES string of the molecule is CCC[N+]1=C(/C=C/C=C2/N(CCCCCCCC(=O)CNC(=O)OC(C)(C)C)c3ccc(S(=O)(=O)O)cc3C2(C)C)C(C)(C)c2cc(C)ccc21. The third kappa shape index (κ3) is 9.57. The largest absolute Gasteiger partial charge is 0.444 e. The molecule has 0 saturated heterocycles. The summed E-state index contributed by atoms with van der Waals surface area (Å²) >= 11 is 0. The number of aryl methyl sites for hydroxylation is 1. The van der Waals surface area contributed by atoms with E-state index in [-0.39, 0.29) is 22.6 Å². The second kappa shape index (κ2) is 15.9. The quantitative estimate of drug-likeness (QED) is 0.107. The van der Waals surface area contributed by atoms with Gasteiger partial charge in [-0.15, -0.1) is 0 Å². The number of nitrogens with one attached hydrogen (secondary N) is 1. The number of nitrogens with zero attached hydrogens (tertiary/aromatic N) is 2. The van der Waals surface area contributed by atoms with Crippen LogP contribution in [0, 0.1) is 6.92 Å². The van der Waals surface area contributed by atoms with Gasteiger partial charge in [-0.2, -0.15) is 13.0 Å². The fourth-order valence-electron chi connectivity index (χ4n) is 7.24. The number of carbonyl (C=O) groups excluding carboxylic acids is 2. The molecule has 0 saturated carbocycles. The summed E-state index contributed by atoms with van der Waals surface area (Å²) in [6.45, 7) is 20.1. The molecule has 0 atom stereocenters. The third-order valence-corrected chi connectivity index (χ3v) is 10.7. The summed E-state index contributed by atoms with van der Waals surface area (Å²) in [5.41, 5.74) is 6.68. The fourth-order valence-corrected chi connectivity index (χ4v) is 7.74. The van der Waals surface area contributed by atoms with Crippen molar-refractivity contribution in [3.63, 3.8) is 0 Å². The van der Waals surface area contributed by atoms with Gasteiger partial charge in [0.15, 0.2) is 11.5 Å². The maximum Gasteiger partial charge on any atom is 0.408 e. The first-order valence-corrected chi connectivity index (χ1v) is 19.7. The van der Waals surface area contributed by atoms with E-state index in [4.69, 9.17) is 4.74 Å². The first-order chi connectivity index (χ1) is 23.8. The van der Waals surface area contributed by atoms with Gasteiger partial charge in [-0.25, -0.2) is 4.79 Å². The zero-order valence-electron chi connectivity index (χ0n) is 32.1. The van der Waals surface area contributed by atoms with Crippen molar-refractivity contribution in [3.8, 4) is 0 Å². The highest BCUT2D eigenvalue weighted by atomic mass is 32.2. The number of alkyl carbamates (subject to hydrolysis) is 1. The molecule has 0 aromatic heterocycles. The van der Waals surface area contributed by atoms with Crippen LogP contribution in [0.4, 0.5) is 16.2 Å². The van der Waals surface area contributed by atoms with Crippen LogP contribution in [0.2, 0.25) is 0 Å². The van der Waals surface area contributed by atoms with E-state index in [1.165, 1.54) is 28.6 Å². The molecule has 0 spiro atoms. The number of benzene rings is 2. The lowest BCUT2D eigenvalue weighted by Crippen LogP contribution is -2.35. The summed E-state index contributed by atoms with van der Waals surface area (Å²) in [6, 6.07) is 11.6. The van der Waals surface area contributed by atoms with Crippen LogP contribution in [0.25, 0.3) is 0 Å². The molecule has 10 heteroatoms. The lowest BCUT2D eigenvalue weighted by Gasteiger charge is -2.27. The molecule has 2 aliphatic rings. The first-order valence-electron chi connectivity index (χ1n) is 18.3. The fraction of sp³-hybridized carbons (Fsp3) is 0.537. The molecule has 0 unspecified atom stereocenters. The van der Waals surface area contributed by atoms with Gasteiger partial charge in [-0.1, -0.05) is 57.7 Å². The maximum absolute atomic E-state index is 12.3. The predicted octanol–water partition coefficient (Wildman–Crippen LogP) is 8.70. The molecule has 1 amide bonds. The molecule has 2 aromatic rings. The Morgan fingerprint density at radius 1 is 0.961 bits per heavy atom. The summed E-state index contributed by atoms with van der Waals surface area (Å²) in [6.07, 6.45) is 11.9. The van der Waals surface area contributed by atoms with Gasteiger partial charge in [-0.3, -0.25) is 9.35 Å². The average Bonchev–Trinajstić information content (AvgIpc) is 3.36. The van der Waals surface area contributed by atoms with Crippen molar-refractivity contribution in [2.24, 2.45) is 0 Å². The van der Waals surface area contributed by atoms with E-state index in [1.807, 2.05) is 0 Å². The van der Waals surface area contributed by atoms with Crippen molar-refractivity contribution in [2.75, 3.05) is 24.5 Å². The Morgan fingerprint density at radius 3 is 2.31 bits per heavy atom. The zero-order chi connectivity index (χ0) is 37.8. The molecule has 2 heterocycles. The van der Waals surface area contributed by atoms with E-state index in [9.17, 15) is 22.6 Å². The number of allylic oxidation sites excluding steroid dienone is 4. The van der Waals surface area contributed by atoms with Crippen molar-refractivity contribution in [1.82, 2.24) is 5.32 Å². The molecular weight excluding hydrogens is 663 g/mol. The molecule has 4 rings (SSSR count). The van der Waals surface area contributed by atoms with Crippen LogP contribution >= 0.6 is 0 Å². The molecule has 0 radical (unpaired) electrons. The normalized spacial score (nSPS) is 17.3. The smallest absolute Gasteiger partial charge is 0.408 e. The van der Waals surface area contributed by atoms with Crippen molar-refractivity contribution >= 4 is 39.1 Å². The lowest BCUT2D eigenvalue weighted by molar-refractivity contribution is -0.437. The summed E-state index contributed by atoms with van der Waals surface area (Å²) in [7, 11) is -4.35. The number of unbranched alkanes of at least 4 members (excludes halogenated alkanes) is 4. The summed E-state index contributed by atoms with van der Waals surface area (Å²) in [5, 5.41) is 2.53. The zero-order valence-corrected chi connectivity index (χ0v) is 32.9. The Morgan fingerprint density at radius 2 is 1.65 bits per heavy atom. The topological polar surface area (TPSA) is 116 Å². The molecule has 0 fully saturated rings. The van der Waals surface area contributed by atoms with Gasteiger partial charge in [0.2, 0.25) is 5.69 Å². The van der Waals surface area contributed by atoms with E-state index < -0.39 is 27.2 Å². The molecular formula is C41H58N3O6S+. The number of carbonyl (C=O) groups is 2. The van der Waals surface area contributed by atoms with E-state index in [0.29, 0.717) is 6.42 Å². The monoisotopic (exact) mass is 720 g/mol. The highest BCUT2D eigenvalue weighted by molar-refractivity contribution is 7.85. The van der Waals surface area contributed by atoms with Gasteiger partial charge in [-0.05, 0) is 90.3 Å². The van der Waals surface area contributed by atoms with Crippen LogP contribution in [-0.2, 0) is 30.5 Å². The number of hydrogen-bond acceptors (Lipinski definition) is 6. The minimum atomic E-state index is -4.35. The van der Waals surface area contributed by atoms with E-state index in [2.05, 4.69) is 92.8 Å². The van der Waals surface area contributed by atoms with Gasteiger partial charge < -0.3 is 15.0 Å². The molecule has 51 heavy (non-hydrogen) atoms. The number of hydrogen-bond donors (Lipinski definition) is 2. The number of ketones is 1. The first kappa shape index (κ1) is 40.0. The molecule has 9 nitrogen and oxygen atoms in total. The Bertz CT molecular complexity index is 1830. The second-order valence-corrected chi connectivity index (χ2v) is 17.4. The Balaban J connectivity index is 1.47. The van der Waals surface area contributed by atoms with Crippen molar-refractivity contribution in [2.45, 2.75) is 129 Å². The van der Waals surface area contributed by atoms with Gasteiger partial charge in [0.1, 0.15) is 12.1 Å². The Kier molecular flexibility index (Phi) is 12.4. The predicted molar refractivity (Wildman–Crippen MR) is 205 cm³/mol. The van der Waals surface area contributed by atoms with Crippen molar-refractivity contribution in [1.29, 1.82) is 0 Å². The van der Waals surface area contributed by atoms with Crippen LogP contribution in [0.15, 0.2) is 65.2 Å². The van der Waals surface area contributed by atoms with Gasteiger partial charge in [0, 0.05) is 53.9 Å². The molecule has 2 N–H and O–H groups in total. The average molecular weight is 721 g/mol. The van der Waals surface area contributed by atoms with E-state index in [0.717, 1.165) is 68.6 Å². The standard InChI is InChI=1S/C41H57N3O6S/c1-10-24-43-34-22-20-29(2)26-32(34)40(6,7)36(43)18-16-19-37-41(8,9)33-27-31(51(47,48)49)21-23-35(33)44(37)25-15-13-11-12-14-17-30(45)28-42-38(46)50-39(3,4)5/h16,18-23,26-27H,10-15,17,24-25,28H2,1-9H3,(H-,42,46,47,48,49)/p+1. The van der Waals surface area contributed by atoms with Gasteiger partial charge >= 0.3 is 6.09 Å². The number of amides is 1. The van der Waals surface area contributed by atoms with Crippen LogP contribution in [-0.4, -0.2) is 60.4 Å². The maximum atomic E-state index is 12.3. The van der Waals surface area contributed by atoms with Crippen LogP contribution in [0.5, 0.6) is 0 Å². The minimum Gasteiger partial charge on any atom is -0.444 e. The number of ether oxygens (including phenoxy) is 1. The van der Waals surface area contributed by atoms with Crippen LogP contribution in [0.1, 0.15) is 117 Å². The second-order valence-electron chi connectivity index (χ2n) is 15.9. The van der Waals surface area contributed by atoms with Gasteiger partial charge in [0.25, 0.3) is 10.1 Å². The Hall–Kier alpha value is -3.76. The van der Waals surface area contributed by atoms with E-state index in [1.54, 1.807) is 32.9 Å². The lowest BCUT2D eigenvalue weighted by atomic mass is 9.80. The minimum absolute atomic E-state index is 0.0141. The molecule has 0 aliphatic carbocycles. The van der Waals surface area contributed by atoms with Gasteiger partial charge in [0.05, 0.1) is 16.9 Å². The number of Topliss-reactive ketones (excluding diaryl/α,β-unsaturated/α-hetero) is 1. The van der Waals surface area contributed by atoms with Crippen molar-refractivity contribution < 1.29 is 31.9 Å². The number of rotatable bonds is 15. The number of anilines is 1. The summed E-state index contributed by atoms with van der Waals surface area (Å²) < 4.78 is 41.7. The molecule has 278 valence electrons. The summed E-state index contributed by atoms with van der Waals surface area (Å²) in [5.74, 6) is -0.0141. The van der Waals surface area contributed by atoms with Crippen molar-refractivity contribution in [3.05, 3.63) is 77.0 Å². The highest BCUT2D eigenvalue weighted by Gasteiger charge is 2.44. The highest BCUT2D eigenvalue weighted by Crippen LogP contribution is 2.49. The molecule has 2 aliphatic heterocycles. The van der Waals surface area contributed by atoms with Crippen LogP contribution in [0.3, 0.4) is 0 Å². The van der Waals surface area contributed by atoms with Crippen LogP contribution < -0.4 is 10.2 Å².